The fourth-order valence-electron chi connectivity index (χ4n) is 5.22. The third-order valence-corrected chi connectivity index (χ3v) is 7.31. The number of nitrogens with zero attached hydrogens (tertiary/aromatic N) is 3. The molecule has 2 fully saturated rings. The summed E-state index contributed by atoms with van der Waals surface area (Å²) in [4.78, 5) is 0. The third kappa shape index (κ3) is 3.03. The topological polar surface area (TPSA) is 123 Å². The van der Waals surface area contributed by atoms with Crippen molar-refractivity contribution in [2.75, 3.05) is 0 Å². The lowest BCUT2D eigenvalue weighted by Crippen LogP contribution is -2.57. The molecule has 2 aliphatic heterocycles. The van der Waals surface area contributed by atoms with Crippen LogP contribution >= 0.6 is 11.6 Å². The molecule has 0 aliphatic carbocycles. The number of nitrogens with one attached hydrogen (secondary N) is 1. The summed E-state index contributed by atoms with van der Waals surface area (Å²) >= 11 is 6.09. The largest absolute Gasteiger partial charge is 0.457 e. The summed E-state index contributed by atoms with van der Waals surface area (Å²) < 4.78 is 18.5. The Balaban J connectivity index is 1.70. The van der Waals surface area contributed by atoms with E-state index in [1.807, 2.05) is 18.2 Å². The van der Waals surface area contributed by atoms with E-state index in [0.717, 1.165) is 0 Å². The normalized spacial score (nSPS) is 27.7. The summed E-state index contributed by atoms with van der Waals surface area (Å²) in [6.45, 7) is 1.66. The molecule has 0 spiro atoms. The molecule has 0 radical (unpaired) electrons. The maximum atomic E-state index is 10.5. The van der Waals surface area contributed by atoms with Crippen molar-refractivity contribution in [1.82, 2.24) is 0 Å². The van der Waals surface area contributed by atoms with Gasteiger partial charge in [0.1, 0.15) is 17.6 Å². The molecule has 2 saturated heterocycles. The van der Waals surface area contributed by atoms with Crippen LogP contribution in [-0.2, 0) is 15.3 Å². The van der Waals surface area contributed by atoms with Crippen LogP contribution in [0.1, 0.15) is 24.2 Å². The van der Waals surface area contributed by atoms with Crippen molar-refractivity contribution in [3.63, 3.8) is 0 Å². The van der Waals surface area contributed by atoms with Crippen LogP contribution in [0.3, 0.4) is 0 Å². The molecule has 1 N–H and O–H groups in total. The van der Waals surface area contributed by atoms with Gasteiger partial charge in [0.15, 0.2) is 5.41 Å². The van der Waals surface area contributed by atoms with Crippen LogP contribution in [0.5, 0.6) is 11.5 Å². The van der Waals surface area contributed by atoms with Gasteiger partial charge >= 0.3 is 0 Å². The Morgan fingerprint density at radius 1 is 0.889 bits per heavy atom. The predicted molar refractivity (Wildman–Crippen MR) is 130 cm³/mol. The third-order valence-electron chi connectivity index (χ3n) is 7.06. The van der Waals surface area contributed by atoms with Gasteiger partial charge in [0.25, 0.3) is 0 Å². The molecule has 2 heterocycles. The second-order valence-corrected chi connectivity index (χ2v) is 9.20. The summed E-state index contributed by atoms with van der Waals surface area (Å²) in [7, 11) is 0. The van der Waals surface area contributed by atoms with Crippen molar-refractivity contribution < 1.29 is 14.2 Å². The van der Waals surface area contributed by atoms with E-state index in [9.17, 15) is 15.8 Å². The highest BCUT2D eigenvalue weighted by Gasteiger charge is 2.79. The number of hydrogen-bond donors (Lipinski definition) is 1. The smallest absolute Gasteiger partial charge is 0.244 e. The second kappa shape index (κ2) is 8.40. The van der Waals surface area contributed by atoms with Gasteiger partial charge in [-0.25, -0.2) is 0 Å². The van der Waals surface area contributed by atoms with Crippen molar-refractivity contribution in [2.45, 2.75) is 18.8 Å². The Kier molecular flexibility index (Phi) is 5.46. The minimum Gasteiger partial charge on any atom is -0.457 e. The van der Waals surface area contributed by atoms with Gasteiger partial charge in [-0.05, 0) is 42.0 Å². The van der Waals surface area contributed by atoms with E-state index in [2.05, 4.69) is 18.2 Å². The first-order valence-electron chi connectivity index (χ1n) is 11.2. The van der Waals surface area contributed by atoms with Gasteiger partial charge in [-0.1, -0.05) is 61.0 Å². The summed E-state index contributed by atoms with van der Waals surface area (Å²) in [5.41, 5.74) is -3.01. The molecule has 36 heavy (non-hydrogen) atoms. The van der Waals surface area contributed by atoms with E-state index in [1.54, 1.807) is 67.6 Å². The van der Waals surface area contributed by atoms with Crippen LogP contribution < -0.4 is 4.74 Å². The SMILES string of the molecule is CC1C2(c3ccc(Cl)cc3)OC(=N)C1(C#N)C(C#N)(C#N)C(c1cccc(Oc3ccccc3)c1)O2. The molecule has 3 aromatic carbocycles. The predicted octanol–water partition coefficient (Wildman–Crippen LogP) is 6.24. The van der Waals surface area contributed by atoms with Gasteiger partial charge in [0.2, 0.25) is 17.1 Å². The highest BCUT2D eigenvalue weighted by molar-refractivity contribution is 6.30. The van der Waals surface area contributed by atoms with Gasteiger partial charge in [-0.15, -0.1) is 0 Å². The van der Waals surface area contributed by atoms with E-state index in [1.165, 1.54) is 0 Å². The first-order valence-corrected chi connectivity index (χ1v) is 11.5. The fraction of sp³-hybridized carbons (Fsp3) is 0.214. The molecule has 3 aromatic rings. The average Bonchev–Trinajstić information content (AvgIpc) is 3.06. The number of para-hydroxylation sites is 1. The molecule has 7 nitrogen and oxygen atoms in total. The van der Waals surface area contributed by atoms with Crippen molar-refractivity contribution in [3.05, 3.63) is 95.0 Å². The zero-order chi connectivity index (χ0) is 25.6. The zero-order valence-corrected chi connectivity index (χ0v) is 19.9. The maximum Gasteiger partial charge on any atom is 0.244 e. The van der Waals surface area contributed by atoms with Crippen LogP contribution in [0.15, 0.2) is 78.9 Å². The minimum atomic E-state index is -2.07. The molecule has 176 valence electrons. The molecule has 0 aromatic heterocycles. The number of ether oxygens (including phenoxy) is 3. The van der Waals surface area contributed by atoms with Gasteiger partial charge in [-0.2, -0.15) is 15.8 Å². The van der Waals surface area contributed by atoms with Gasteiger partial charge in [0, 0.05) is 10.6 Å². The molecule has 0 amide bonds. The lowest BCUT2D eigenvalue weighted by molar-refractivity contribution is -0.288. The standard InChI is InChI=1S/C28H19ClN4O3/c1-18-27(17-32)25(33)36-28(18,20-10-12-21(29)13-11-20)35-24(26(27,15-30)16-31)19-6-5-9-23(14-19)34-22-7-3-2-4-8-22/h2-14,18,24,33H,1H3. The number of nitriles is 3. The van der Waals surface area contributed by atoms with Crippen LogP contribution in [0, 0.1) is 56.2 Å². The molecule has 4 unspecified atom stereocenters. The average molecular weight is 495 g/mol. The fourth-order valence-corrected chi connectivity index (χ4v) is 5.34. The highest BCUT2D eigenvalue weighted by Crippen LogP contribution is 2.69. The highest BCUT2D eigenvalue weighted by atomic mass is 35.5. The van der Waals surface area contributed by atoms with Gasteiger partial charge in [0.05, 0.1) is 24.1 Å². The second-order valence-electron chi connectivity index (χ2n) is 8.76. The number of benzene rings is 3. The van der Waals surface area contributed by atoms with E-state index in [4.69, 9.17) is 31.2 Å². The van der Waals surface area contributed by atoms with Crippen molar-refractivity contribution >= 4 is 17.5 Å². The van der Waals surface area contributed by atoms with Crippen LogP contribution in [0.4, 0.5) is 0 Å². The number of hydrogen-bond acceptors (Lipinski definition) is 7. The molecule has 0 saturated carbocycles. The summed E-state index contributed by atoms with van der Waals surface area (Å²) in [5.74, 6) is -1.86. The van der Waals surface area contributed by atoms with Crippen molar-refractivity contribution in [2.24, 2.45) is 16.7 Å². The van der Waals surface area contributed by atoms with Crippen molar-refractivity contribution in [3.8, 4) is 29.7 Å². The Bertz CT molecular complexity index is 1460. The number of halogens is 1. The molecule has 2 aliphatic rings. The Hall–Kier alpha value is -4.35. The molecular formula is C28H19ClN4O3. The van der Waals surface area contributed by atoms with Crippen LogP contribution in [0.2, 0.25) is 5.02 Å². The van der Waals surface area contributed by atoms with E-state index >= 15 is 0 Å². The molecule has 2 bridgehead atoms. The summed E-state index contributed by atoms with van der Waals surface area (Å²) in [6.07, 6.45) is -1.23. The molecule has 8 heteroatoms. The quantitative estimate of drug-likeness (QED) is 0.457. The van der Waals surface area contributed by atoms with Crippen molar-refractivity contribution in [1.29, 1.82) is 21.2 Å². The van der Waals surface area contributed by atoms with Crippen LogP contribution in [-0.4, -0.2) is 5.90 Å². The first kappa shape index (κ1) is 23.4. The van der Waals surface area contributed by atoms with Crippen LogP contribution in [0.25, 0.3) is 0 Å². The van der Waals surface area contributed by atoms with E-state index in [0.29, 0.717) is 27.6 Å². The van der Waals surface area contributed by atoms with Gasteiger partial charge in [-0.3, -0.25) is 5.41 Å². The molecule has 5 rings (SSSR count). The first-order chi connectivity index (χ1) is 17.4. The van der Waals surface area contributed by atoms with Gasteiger partial charge < -0.3 is 14.2 Å². The summed E-state index contributed by atoms with van der Waals surface area (Å²) in [5, 5.41) is 40.5. The lowest BCUT2D eigenvalue weighted by Gasteiger charge is -2.48. The minimum absolute atomic E-state index is 0.440. The Morgan fingerprint density at radius 3 is 2.19 bits per heavy atom. The Labute approximate surface area is 213 Å². The summed E-state index contributed by atoms with van der Waals surface area (Å²) in [6, 6.07) is 28.9. The van der Waals surface area contributed by atoms with E-state index < -0.39 is 34.5 Å². The number of fused-ring (bicyclic) bond motifs is 2. The maximum absolute atomic E-state index is 10.5. The lowest BCUT2D eigenvalue weighted by atomic mass is 9.53. The number of rotatable bonds is 4. The monoisotopic (exact) mass is 494 g/mol. The van der Waals surface area contributed by atoms with E-state index in [-0.39, 0.29) is 0 Å². The zero-order valence-electron chi connectivity index (χ0n) is 19.1. The molecule has 4 atom stereocenters. The Morgan fingerprint density at radius 2 is 1.56 bits per heavy atom. The molecular weight excluding hydrogens is 476 g/mol.